The van der Waals surface area contributed by atoms with Crippen LogP contribution in [-0.2, 0) is 33.8 Å². The Hall–Kier alpha value is -4.90. The molecule has 3 amide bonds. The van der Waals surface area contributed by atoms with Gasteiger partial charge in [-0.2, -0.15) is 0 Å². The molecule has 4 heterocycles. The van der Waals surface area contributed by atoms with Crippen molar-refractivity contribution in [2.24, 2.45) is 5.92 Å². The molecule has 7 rings (SSSR count). The fourth-order valence-electron chi connectivity index (χ4n) is 7.34. The Morgan fingerprint density at radius 2 is 1.79 bits per heavy atom. The summed E-state index contributed by atoms with van der Waals surface area (Å²) in [6.45, 7) is 0.877. The second-order valence-electron chi connectivity index (χ2n) is 13.1. The largest absolute Gasteiger partial charge is 0.388 e. The molecule has 1 saturated heterocycles. The predicted octanol–water partition coefficient (Wildman–Crippen LogP) is 3.79. The Morgan fingerprint density at radius 1 is 1.00 bits per heavy atom. The van der Waals surface area contributed by atoms with Gasteiger partial charge >= 0.3 is 0 Å². The summed E-state index contributed by atoms with van der Waals surface area (Å²) >= 11 is 0. The monoisotopic (exact) mass is 634 g/mol. The number of rotatable bonds is 7. The zero-order chi connectivity index (χ0) is 32.5. The van der Waals surface area contributed by atoms with Crippen LogP contribution in [0.3, 0.4) is 0 Å². The molecule has 2 aromatic heterocycles. The Kier molecular flexibility index (Phi) is 8.31. The number of aromatic nitrogens is 3. The zero-order valence-corrected chi connectivity index (χ0v) is 26.2. The highest BCUT2D eigenvalue weighted by Gasteiger charge is 2.39. The van der Waals surface area contributed by atoms with Crippen molar-refractivity contribution in [3.8, 4) is 0 Å². The van der Waals surface area contributed by atoms with Gasteiger partial charge in [-0.25, -0.2) is 9.97 Å². The molecular formula is C36H38N6O5. The Morgan fingerprint density at radius 3 is 2.60 bits per heavy atom. The van der Waals surface area contributed by atoms with Crippen molar-refractivity contribution in [1.29, 1.82) is 0 Å². The van der Waals surface area contributed by atoms with Crippen molar-refractivity contribution in [2.75, 3.05) is 23.7 Å². The molecule has 2 aliphatic heterocycles. The number of nitrogens with one attached hydrogen (secondary N) is 2. The number of pyridine rings is 1. The summed E-state index contributed by atoms with van der Waals surface area (Å²) in [6, 6.07) is 19.0. The normalized spacial score (nSPS) is 20.4. The van der Waals surface area contributed by atoms with Crippen molar-refractivity contribution in [1.82, 2.24) is 19.4 Å². The maximum atomic E-state index is 13.7. The van der Waals surface area contributed by atoms with Crippen LogP contribution < -0.4 is 16.2 Å². The van der Waals surface area contributed by atoms with E-state index in [2.05, 4.69) is 32.7 Å². The van der Waals surface area contributed by atoms with Crippen LogP contribution in [0.5, 0.6) is 0 Å². The molecule has 242 valence electrons. The highest BCUT2D eigenvalue weighted by molar-refractivity contribution is 5.99. The van der Waals surface area contributed by atoms with E-state index in [9.17, 15) is 24.3 Å². The second kappa shape index (κ2) is 12.7. The van der Waals surface area contributed by atoms with Gasteiger partial charge in [-0.1, -0.05) is 55.3 Å². The van der Waals surface area contributed by atoms with E-state index in [0.717, 1.165) is 42.5 Å². The minimum absolute atomic E-state index is 0.0278. The number of piperidine rings is 1. The zero-order valence-electron chi connectivity index (χ0n) is 26.2. The minimum atomic E-state index is -1.18. The van der Waals surface area contributed by atoms with Crippen molar-refractivity contribution in [3.05, 3.63) is 94.0 Å². The lowest BCUT2D eigenvalue weighted by atomic mass is 9.74. The molecule has 2 aromatic carbocycles. The van der Waals surface area contributed by atoms with Crippen LogP contribution in [0.15, 0.2) is 71.8 Å². The molecule has 2 atom stereocenters. The molecule has 0 spiro atoms. The van der Waals surface area contributed by atoms with Crippen LogP contribution >= 0.6 is 0 Å². The van der Waals surface area contributed by atoms with Crippen LogP contribution in [0.1, 0.15) is 61.1 Å². The molecule has 1 saturated carbocycles. The van der Waals surface area contributed by atoms with Gasteiger partial charge in [0.05, 0.1) is 36.8 Å². The summed E-state index contributed by atoms with van der Waals surface area (Å²) in [7, 11) is 0. The van der Waals surface area contributed by atoms with Gasteiger partial charge in [-0.15, -0.1) is 0 Å². The van der Waals surface area contributed by atoms with Gasteiger partial charge in [0, 0.05) is 24.7 Å². The van der Waals surface area contributed by atoms with Crippen LogP contribution in [0, 0.1) is 5.92 Å². The van der Waals surface area contributed by atoms with Crippen molar-refractivity contribution in [2.45, 2.75) is 69.4 Å². The van der Waals surface area contributed by atoms with Gasteiger partial charge in [-0.3, -0.25) is 23.7 Å². The third-order valence-corrected chi connectivity index (χ3v) is 9.89. The topological polar surface area (TPSA) is 147 Å². The van der Waals surface area contributed by atoms with Crippen molar-refractivity contribution in [3.63, 3.8) is 0 Å². The van der Waals surface area contributed by atoms with E-state index in [1.165, 1.54) is 16.5 Å². The van der Waals surface area contributed by atoms with E-state index in [1.807, 2.05) is 35.2 Å². The number of benzene rings is 2. The Bertz CT molecular complexity index is 1900. The molecule has 0 bridgehead atoms. The summed E-state index contributed by atoms with van der Waals surface area (Å²) in [5, 5.41) is 17.1. The lowest BCUT2D eigenvalue weighted by Gasteiger charge is -2.41. The van der Waals surface area contributed by atoms with Gasteiger partial charge < -0.3 is 20.6 Å². The number of anilines is 2. The SMILES string of the molecule is O=C(Cc1ccc2c(c1)NC(=O)C2)Nc1ccc2ncn(CC3(O)CCN(C(=O)[C@H]4CCCC[C@@H]4c4ccccc4)CC3)c(=O)c2n1. The van der Waals surface area contributed by atoms with E-state index in [4.69, 9.17) is 0 Å². The average molecular weight is 635 g/mol. The first-order valence-electron chi connectivity index (χ1n) is 16.4. The maximum absolute atomic E-state index is 13.7. The van der Waals surface area contributed by atoms with E-state index in [1.54, 1.807) is 18.2 Å². The first kappa shape index (κ1) is 30.7. The molecule has 0 radical (unpaired) electrons. The van der Waals surface area contributed by atoms with Crippen LogP contribution in [-0.4, -0.2) is 61.0 Å². The maximum Gasteiger partial charge on any atom is 0.280 e. The van der Waals surface area contributed by atoms with Gasteiger partial charge in [-0.05, 0) is 66.5 Å². The second-order valence-corrected chi connectivity index (χ2v) is 13.1. The molecule has 11 nitrogen and oxygen atoms in total. The van der Waals surface area contributed by atoms with Crippen LogP contribution in [0.4, 0.5) is 11.5 Å². The molecule has 11 heteroatoms. The highest BCUT2D eigenvalue weighted by Crippen LogP contribution is 2.39. The van der Waals surface area contributed by atoms with Gasteiger partial charge in [0.15, 0.2) is 5.52 Å². The van der Waals surface area contributed by atoms with E-state index >= 15 is 0 Å². The lowest BCUT2D eigenvalue weighted by molar-refractivity contribution is -0.142. The first-order chi connectivity index (χ1) is 22.7. The van der Waals surface area contributed by atoms with Crippen LogP contribution in [0.2, 0.25) is 0 Å². The summed E-state index contributed by atoms with van der Waals surface area (Å²) in [5.74, 6) is 0.153. The third kappa shape index (κ3) is 6.53. The van der Waals surface area contributed by atoms with Crippen molar-refractivity contribution < 1.29 is 19.5 Å². The predicted molar refractivity (Wildman–Crippen MR) is 177 cm³/mol. The Balaban J connectivity index is 0.996. The number of carbonyl (C=O) groups excluding carboxylic acids is 3. The molecule has 0 unspecified atom stereocenters. The fourth-order valence-corrected chi connectivity index (χ4v) is 7.34. The Labute approximate surface area is 272 Å². The summed E-state index contributed by atoms with van der Waals surface area (Å²) in [5.41, 5.74) is 2.45. The number of fused-ring (bicyclic) bond motifs is 2. The molecule has 3 aliphatic rings. The highest BCUT2D eigenvalue weighted by atomic mass is 16.3. The fraction of sp³-hybridized carbons (Fsp3) is 0.389. The number of hydrogen-bond donors (Lipinski definition) is 3. The lowest BCUT2D eigenvalue weighted by Crippen LogP contribution is -2.51. The van der Waals surface area contributed by atoms with Gasteiger partial charge in [0.25, 0.3) is 5.56 Å². The van der Waals surface area contributed by atoms with E-state index in [0.29, 0.717) is 37.9 Å². The number of aliphatic hydroxyl groups is 1. The summed E-state index contributed by atoms with van der Waals surface area (Å²) < 4.78 is 1.36. The molecule has 1 aliphatic carbocycles. The number of nitrogens with zero attached hydrogens (tertiary/aromatic N) is 4. The molecular weight excluding hydrogens is 596 g/mol. The number of hydrogen-bond acceptors (Lipinski definition) is 7. The minimum Gasteiger partial charge on any atom is -0.388 e. The van der Waals surface area contributed by atoms with E-state index < -0.39 is 11.2 Å². The third-order valence-electron chi connectivity index (χ3n) is 9.89. The molecule has 47 heavy (non-hydrogen) atoms. The smallest absolute Gasteiger partial charge is 0.280 e. The standard InChI is InChI=1S/C36H38N6O5/c43-31(19-23-10-11-25-20-32(44)38-29(25)18-23)39-30-13-12-28-33(40-30)35(46)42(22-37-28)21-36(47)14-16-41(17-15-36)34(45)27-9-5-4-8-26(27)24-6-2-1-3-7-24/h1-3,6-7,10-13,18,22,26-27,47H,4-5,8-9,14-17,19-21H2,(H,38,44)(H,39,40,43)/t26-,27+/m1/s1. The van der Waals surface area contributed by atoms with Gasteiger partial charge in [0.2, 0.25) is 17.7 Å². The number of carbonyl (C=O) groups is 3. The first-order valence-corrected chi connectivity index (χ1v) is 16.4. The van der Waals surface area contributed by atoms with Gasteiger partial charge in [0.1, 0.15) is 5.82 Å². The summed E-state index contributed by atoms with van der Waals surface area (Å²) in [4.78, 5) is 62.3. The molecule has 3 N–H and O–H groups in total. The molecule has 2 fully saturated rings. The number of amides is 3. The quantitative estimate of drug-likeness (QED) is 0.280. The number of likely N-dealkylation sites (tertiary alicyclic amines) is 1. The average Bonchev–Trinajstić information content (AvgIpc) is 3.46. The van der Waals surface area contributed by atoms with Crippen LogP contribution in [0.25, 0.3) is 11.0 Å². The summed E-state index contributed by atoms with van der Waals surface area (Å²) in [6.07, 6.45) is 6.57. The van der Waals surface area contributed by atoms with E-state index in [-0.39, 0.29) is 53.9 Å². The molecule has 4 aromatic rings. The van der Waals surface area contributed by atoms with Crippen molar-refractivity contribution >= 4 is 40.3 Å².